The first kappa shape index (κ1) is 20.8. The second kappa shape index (κ2) is 8.14. The van der Waals surface area contributed by atoms with Gasteiger partial charge in [0.15, 0.2) is 15.7 Å². The number of aromatic amines is 1. The van der Waals surface area contributed by atoms with E-state index in [0.29, 0.717) is 70.7 Å². The Kier molecular flexibility index (Phi) is 5.30. The summed E-state index contributed by atoms with van der Waals surface area (Å²) in [6.07, 6.45) is 3.22. The Bertz CT molecular complexity index is 1410. The van der Waals surface area contributed by atoms with Gasteiger partial charge in [0.25, 0.3) is 0 Å². The monoisotopic (exact) mass is 454 g/mol. The van der Waals surface area contributed by atoms with Crippen molar-refractivity contribution in [2.24, 2.45) is 0 Å². The summed E-state index contributed by atoms with van der Waals surface area (Å²) >= 11 is 0. The van der Waals surface area contributed by atoms with Crippen LogP contribution in [0.5, 0.6) is 0 Å². The van der Waals surface area contributed by atoms with Crippen LogP contribution in [-0.4, -0.2) is 42.1 Å². The van der Waals surface area contributed by atoms with Crippen LogP contribution >= 0.6 is 0 Å². The lowest BCUT2D eigenvalue weighted by Gasteiger charge is -2.23. The maximum atomic E-state index is 13.8. The fourth-order valence-electron chi connectivity index (χ4n) is 4.24. The molecule has 7 nitrogen and oxygen atoms in total. The van der Waals surface area contributed by atoms with Crippen LogP contribution in [-0.2, 0) is 21.0 Å². The summed E-state index contributed by atoms with van der Waals surface area (Å²) in [5.41, 5.74) is 2.78. The fourth-order valence-corrected chi connectivity index (χ4v) is 6.26. The molecular weight excluding hydrogens is 431 g/mol. The highest BCUT2D eigenvalue weighted by atomic mass is 32.2. The molecule has 1 saturated heterocycles. The zero-order valence-electron chi connectivity index (χ0n) is 17.6. The maximum Gasteiger partial charge on any atom is 0.181 e. The molecule has 5 rings (SSSR count). The van der Waals surface area contributed by atoms with Crippen molar-refractivity contribution in [1.82, 2.24) is 15.2 Å². The highest BCUT2D eigenvalue weighted by Gasteiger charge is 2.31. The number of halogens is 1. The lowest BCUT2D eigenvalue weighted by atomic mass is 10.1. The van der Waals surface area contributed by atoms with Crippen molar-refractivity contribution in [3.8, 4) is 0 Å². The molecule has 0 spiro atoms. The number of aryl methyl sites for hydroxylation is 1. The molecule has 0 amide bonds. The summed E-state index contributed by atoms with van der Waals surface area (Å²) in [6, 6.07) is 9.71. The summed E-state index contributed by atoms with van der Waals surface area (Å²) in [5, 5.41) is 11.2. The van der Waals surface area contributed by atoms with E-state index < -0.39 is 15.1 Å². The molecule has 0 atom stereocenters. The van der Waals surface area contributed by atoms with E-state index in [1.807, 2.05) is 13.0 Å². The molecule has 0 bridgehead atoms. The average Bonchev–Trinajstić information content (AvgIpc) is 3.20. The molecule has 4 aromatic rings. The van der Waals surface area contributed by atoms with Gasteiger partial charge in [-0.3, -0.25) is 10.1 Å². The zero-order chi connectivity index (χ0) is 22.3. The number of sulfone groups is 1. The van der Waals surface area contributed by atoms with Gasteiger partial charge in [-0.1, -0.05) is 6.92 Å². The number of nitrogens with zero attached hydrogens (tertiary/aromatic N) is 2. The van der Waals surface area contributed by atoms with Gasteiger partial charge in [-0.15, -0.1) is 0 Å². The molecule has 0 saturated carbocycles. The lowest BCUT2D eigenvalue weighted by molar-refractivity contribution is 0.0983. The number of ether oxygens (including phenoxy) is 1. The molecule has 1 fully saturated rings. The van der Waals surface area contributed by atoms with Crippen molar-refractivity contribution in [1.29, 1.82) is 0 Å². The van der Waals surface area contributed by atoms with Gasteiger partial charge in [0.1, 0.15) is 5.82 Å². The van der Waals surface area contributed by atoms with Crippen molar-refractivity contribution >= 4 is 43.1 Å². The quantitative estimate of drug-likeness (QED) is 0.461. The minimum absolute atomic E-state index is 0.341. The number of hydrogen-bond donors (Lipinski definition) is 2. The summed E-state index contributed by atoms with van der Waals surface area (Å²) in [6.45, 7) is 2.85. The molecule has 1 aliphatic heterocycles. The SMILES string of the molecule is CCc1cc2nccc(Nc3n[nH]c4ccc(F)cc34)c2cc1S(=O)(=O)C1CCOCC1. The van der Waals surface area contributed by atoms with E-state index in [4.69, 9.17) is 4.74 Å². The van der Waals surface area contributed by atoms with Crippen LogP contribution in [0.1, 0.15) is 25.3 Å². The minimum atomic E-state index is -3.52. The van der Waals surface area contributed by atoms with Gasteiger partial charge in [0.2, 0.25) is 0 Å². The molecule has 9 heteroatoms. The molecule has 2 aromatic carbocycles. The van der Waals surface area contributed by atoms with Crippen LogP contribution in [0.15, 0.2) is 47.5 Å². The van der Waals surface area contributed by atoms with Crippen LogP contribution in [0.25, 0.3) is 21.8 Å². The zero-order valence-corrected chi connectivity index (χ0v) is 18.4. The van der Waals surface area contributed by atoms with Crippen LogP contribution in [0, 0.1) is 5.82 Å². The number of pyridine rings is 1. The first-order valence-electron chi connectivity index (χ1n) is 10.6. The van der Waals surface area contributed by atoms with Crippen molar-refractivity contribution < 1.29 is 17.5 Å². The number of anilines is 2. The Morgan fingerprint density at radius 3 is 2.75 bits per heavy atom. The predicted octanol–water partition coefficient (Wildman–Crippen LogP) is 4.51. The largest absolute Gasteiger partial charge is 0.381 e. The first-order chi connectivity index (χ1) is 15.5. The third-order valence-electron chi connectivity index (χ3n) is 6.00. The molecule has 1 aliphatic rings. The Balaban J connectivity index is 1.63. The van der Waals surface area contributed by atoms with E-state index in [0.717, 1.165) is 5.56 Å². The normalized spacial score (nSPS) is 15.4. The van der Waals surface area contributed by atoms with E-state index in [1.165, 1.54) is 12.1 Å². The van der Waals surface area contributed by atoms with Crippen LogP contribution in [0.2, 0.25) is 0 Å². The molecule has 3 heterocycles. The Labute approximate surface area is 184 Å². The number of nitrogens with one attached hydrogen (secondary N) is 2. The second-order valence-corrected chi connectivity index (χ2v) is 10.1. The van der Waals surface area contributed by atoms with Crippen molar-refractivity contribution in [2.75, 3.05) is 18.5 Å². The summed E-state index contributed by atoms with van der Waals surface area (Å²) in [7, 11) is -3.52. The van der Waals surface area contributed by atoms with E-state index in [1.54, 1.807) is 24.4 Å². The van der Waals surface area contributed by atoms with E-state index in [-0.39, 0.29) is 5.82 Å². The van der Waals surface area contributed by atoms with Crippen molar-refractivity contribution in [3.05, 3.63) is 54.0 Å². The molecule has 2 N–H and O–H groups in total. The molecule has 2 aromatic heterocycles. The molecule has 0 aliphatic carbocycles. The smallest absolute Gasteiger partial charge is 0.181 e. The number of fused-ring (bicyclic) bond motifs is 2. The molecule has 0 radical (unpaired) electrons. The Hall–Kier alpha value is -3.04. The van der Waals surface area contributed by atoms with E-state index in [2.05, 4.69) is 20.5 Å². The number of H-pyrrole nitrogens is 1. The van der Waals surface area contributed by atoms with E-state index >= 15 is 0 Å². The van der Waals surface area contributed by atoms with Crippen LogP contribution in [0.4, 0.5) is 15.9 Å². The second-order valence-electron chi connectivity index (χ2n) is 7.93. The van der Waals surface area contributed by atoms with Crippen molar-refractivity contribution in [3.63, 3.8) is 0 Å². The predicted molar refractivity (Wildman–Crippen MR) is 121 cm³/mol. The topological polar surface area (TPSA) is 97.0 Å². The van der Waals surface area contributed by atoms with Gasteiger partial charge in [-0.25, -0.2) is 12.8 Å². The van der Waals surface area contributed by atoms with Gasteiger partial charge >= 0.3 is 0 Å². The third-order valence-corrected chi connectivity index (χ3v) is 8.34. The fraction of sp³-hybridized carbons (Fsp3) is 0.304. The Morgan fingerprint density at radius 1 is 1.16 bits per heavy atom. The van der Waals surface area contributed by atoms with Crippen molar-refractivity contribution in [2.45, 2.75) is 36.3 Å². The summed E-state index contributed by atoms with van der Waals surface area (Å²) in [5.74, 6) is 0.0966. The highest BCUT2D eigenvalue weighted by molar-refractivity contribution is 7.92. The number of aromatic nitrogens is 3. The molecule has 166 valence electrons. The van der Waals surface area contributed by atoms with Gasteiger partial charge in [-0.2, -0.15) is 5.10 Å². The highest BCUT2D eigenvalue weighted by Crippen LogP contribution is 2.34. The minimum Gasteiger partial charge on any atom is -0.381 e. The number of benzene rings is 2. The lowest BCUT2D eigenvalue weighted by Crippen LogP contribution is -2.29. The Morgan fingerprint density at radius 2 is 1.97 bits per heavy atom. The van der Waals surface area contributed by atoms with Crippen LogP contribution in [0.3, 0.4) is 0 Å². The van der Waals surface area contributed by atoms with Gasteiger partial charge in [-0.05, 0) is 61.2 Å². The average molecular weight is 455 g/mol. The number of hydrogen-bond acceptors (Lipinski definition) is 6. The summed E-state index contributed by atoms with van der Waals surface area (Å²) < 4.78 is 46.1. The summed E-state index contributed by atoms with van der Waals surface area (Å²) in [4.78, 5) is 4.79. The molecular formula is C23H23FN4O3S. The molecule has 32 heavy (non-hydrogen) atoms. The third kappa shape index (κ3) is 3.61. The maximum absolute atomic E-state index is 13.8. The number of rotatable bonds is 5. The van der Waals surface area contributed by atoms with Gasteiger partial charge in [0, 0.05) is 30.2 Å². The molecule has 0 unspecified atom stereocenters. The van der Waals surface area contributed by atoms with E-state index in [9.17, 15) is 12.8 Å². The standard InChI is InChI=1S/C23H23FN4O3S/c1-2-14-11-21-17(13-22(14)32(29,30)16-6-9-31-10-7-16)19(5-8-25-21)26-23-18-12-15(24)3-4-20(18)27-28-23/h3-5,8,11-13,16H,2,6-7,9-10H2,1H3,(H2,25,26,27,28). The van der Waals surface area contributed by atoms with Gasteiger partial charge < -0.3 is 10.1 Å². The first-order valence-corrected chi connectivity index (χ1v) is 12.2. The van der Waals surface area contributed by atoms with Gasteiger partial charge in [0.05, 0.1) is 26.9 Å². The van der Waals surface area contributed by atoms with Crippen LogP contribution < -0.4 is 5.32 Å².